The molecule has 1 amide bonds. The van der Waals surface area contributed by atoms with Crippen molar-refractivity contribution < 1.29 is 4.79 Å². The normalized spacial score (nSPS) is 11.6. The van der Waals surface area contributed by atoms with Gasteiger partial charge in [0.25, 0.3) is 0 Å². The molecule has 3 heteroatoms. The summed E-state index contributed by atoms with van der Waals surface area (Å²) in [5, 5.41) is 11.6. The van der Waals surface area contributed by atoms with E-state index in [4.69, 9.17) is 5.26 Å². The quantitative estimate of drug-likeness (QED) is 0.801. The Morgan fingerprint density at radius 1 is 1.39 bits per heavy atom. The highest BCUT2D eigenvalue weighted by atomic mass is 16.1. The number of nitrogens with one attached hydrogen (secondary N) is 1. The summed E-state index contributed by atoms with van der Waals surface area (Å²) in [6.07, 6.45) is 3.83. The SMILES string of the molecule is CCCC(C#N)NC(=O)CCCc1ccccc1. The van der Waals surface area contributed by atoms with E-state index in [1.165, 1.54) is 5.56 Å². The third-order valence-electron chi connectivity index (χ3n) is 2.78. The van der Waals surface area contributed by atoms with E-state index < -0.39 is 0 Å². The van der Waals surface area contributed by atoms with Crippen LogP contribution in [-0.4, -0.2) is 11.9 Å². The van der Waals surface area contributed by atoms with Gasteiger partial charge in [0.05, 0.1) is 6.07 Å². The Bertz CT molecular complexity index is 395. The van der Waals surface area contributed by atoms with Gasteiger partial charge in [-0.15, -0.1) is 0 Å². The second-order valence-electron chi connectivity index (χ2n) is 4.38. The fourth-order valence-corrected chi connectivity index (χ4v) is 1.82. The Hall–Kier alpha value is -1.82. The molecule has 1 atom stereocenters. The summed E-state index contributed by atoms with van der Waals surface area (Å²) < 4.78 is 0. The molecule has 1 rings (SSSR count). The number of nitrogens with zero attached hydrogens (tertiary/aromatic N) is 1. The number of aryl methyl sites for hydroxylation is 1. The average molecular weight is 244 g/mol. The molecule has 0 aliphatic rings. The number of amides is 1. The second-order valence-corrected chi connectivity index (χ2v) is 4.38. The number of carbonyl (C=O) groups excluding carboxylic acids is 1. The van der Waals surface area contributed by atoms with Crippen molar-refractivity contribution in [2.24, 2.45) is 0 Å². The van der Waals surface area contributed by atoms with Gasteiger partial charge in [0, 0.05) is 6.42 Å². The van der Waals surface area contributed by atoms with Crippen molar-refractivity contribution >= 4 is 5.91 Å². The highest BCUT2D eigenvalue weighted by molar-refractivity contribution is 5.76. The third kappa shape index (κ3) is 5.49. The van der Waals surface area contributed by atoms with Crippen LogP contribution in [0.4, 0.5) is 0 Å². The van der Waals surface area contributed by atoms with Crippen molar-refractivity contribution in [3.63, 3.8) is 0 Å². The van der Waals surface area contributed by atoms with Crippen molar-refractivity contribution in [3.8, 4) is 6.07 Å². The molecular formula is C15H20N2O. The summed E-state index contributed by atoms with van der Waals surface area (Å²) in [7, 11) is 0. The van der Waals surface area contributed by atoms with Crippen LogP contribution in [0.1, 0.15) is 38.2 Å². The molecule has 0 aliphatic heterocycles. The number of hydrogen-bond donors (Lipinski definition) is 1. The van der Waals surface area contributed by atoms with Gasteiger partial charge in [-0.1, -0.05) is 43.7 Å². The molecule has 0 aromatic heterocycles. The standard InChI is InChI=1S/C15H20N2O/c1-2-7-14(12-16)17-15(18)11-6-10-13-8-4-3-5-9-13/h3-5,8-9,14H,2,6-7,10-11H2,1H3,(H,17,18). The average Bonchev–Trinajstić information content (AvgIpc) is 2.39. The predicted octanol–water partition coefficient (Wildman–Crippen LogP) is 2.82. The first kappa shape index (κ1) is 14.2. The van der Waals surface area contributed by atoms with E-state index in [1.807, 2.05) is 25.1 Å². The first-order chi connectivity index (χ1) is 8.76. The number of hydrogen-bond acceptors (Lipinski definition) is 2. The van der Waals surface area contributed by atoms with Gasteiger partial charge < -0.3 is 5.32 Å². The van der Waals surface area contributed by atoms with Crippen LogP contribution in [0.2, 0.25) is 0 Å². The molecule has 0 radical (unpaired) electrons. The fourth-order valence-electron chi connectivity index (χ4n) is 1.82. The number of nitriles is 1. The molecule has 0 heterocycles. The highest BCUT2D eigenvalue weighted by Gasteiger charge is 2.09. The van der Waals surface area contributed by atoms with Gasteiger partial charge in [0.1, 0.15) is 6.04 Å². The zero-order valence-corrected chi connectivity index (χ0v) is 10.9. The monoisotopic (exact) mass is 244 g/mol. The van der Waals surface area contributed by atoms with Crippen LogP contribution < -0.4 is 5.32 Å². The largest absolute Gasteiger partial charge is 0.340 e. The molecule has 0 saturated carbocycles. The van der Waals surface area contributed by atoms with Gasteiger partial charge in [0.15, 0.2) is 0 Å². The van der Waals surface area contributed by atoms with Gasteiger partial charge >= 0.3 is 0 Å². The molecule has 1 aromatic carbocycles. The van der Waals surface area contributed by atoms with Gasteiger partial charge in [-0.2, -0.15) is 5.26 Å². The Balaban J connectivity index is 2.23. The number of rotatable bonds is 7. The molecule has 0 bridgehead atoms. The van der Waals surface area contributed by atoms with Gasteiger partial charge in [-0.05, 0) is 24.8 Å². The summed E-state index contributed by atoms with van der Waals surface area (Å²) in [5.41, 5.74) is 1.25. The molecule has 1 aromatic rings. The lowest BCUT2D eigenvalue weighted by Crippen LogP contribution is -2.33. The molecule has 0 fully saturated rings. The van der Waals surface area contributed by atoms with Crippen LogP contribution in [0.25, 0.3) is 0 Å². The first-order valence-corrected chi connectivity index (χ1v) is 6.49. The van der Waals surface area contributed by atoms with E-state index in [2.05, 4.69) is 23.5 Å². The maximum Gasteiger partial charge on any atom is 0.221 e. The zero-order chi connectivity index (χ0) is 13.2. The topological polar surface area (TPSA) is 52.9 Å². The van der Waals surface area contributed by atoms with Crippen LogP contribution in [0.5, 0.6) is 0 Å². The van der Waals surface area contributed by atoms with Gasteiger partial charge in [0.2, 0.25) is 5.91 Å². The van der Waals surface area contributed by atoms with E-state index >= 15 is 0 Å². The Kier molecular flexibility index (Phi) is 6.56. The Labute approximate surface area is 109 Å². The molecular weight excluding hydrogens is 224 g/mol. The lowest BCUT2D eigenvalue weighted by Gasteiger charge is -2.10. The van der Waals surface area contributed by atoms with Crippen LogP contribution in [-0.2, 0) is 11.2 Å². The molecule has 96 valence electrons. The maximum absolute atomic E-state index is 11.6. The minimum absolute atomic E-state index is 0.0223. The lowest BCUT2D eigenvalue weighted by atomic mass is 10.1. The second kappa shape index (κ2) is 8.30. The molecule has 1 N–H and O–H groups in total. The van der Waals surface area contributed by atoms with Crippen molar-refractivity contribution in [1.82, 2.24) is 5.32 Å². The van der Waals surface area contributed by atoms with Gasteiger partial charge in [-0.3, -0.25) is 4.79 Å². The van der Waals surface area contributed by atoms with Crippen LogP contribution in [0, 0.1) is 11.3 Å². The Morgan fingerprint density at radius 2 is 2.11 bits per heavy atom. The molecule has 0 saturated heterocycles. The van der Waals surface area contributed by atoms with Crippen LogP contribution >= 0.6 is 0 Å². The van der Waals surface area contributed by atoms with E-state index in [1.54, 1.807) is 0 Å². The van der Waals surface area contributed by atoms with E-state index in [9.17, 15) is 4.79 Å². The van der Waals surface area contributed by atoms with Crippen molar-refractivity contribution in [1.29, 1.82) is 5.26 Å². The molecule has 3 nitrogen and oxygen atoms in total. The van der Waals surface area contributed by atoms with E-state index in [0.29, 0.717) is 6.42 Å². The molecule has 1 unspecified atom stereocenters. The minimum atomic E-state index is -0.334. The maximum atomic E-state index is 11.6. The summed E-state index contributed by atoms with van der Waals surface area (Å²) in [5.74, 6) is -0.0223. The highest BCUT2D eigenvalue weighted by Crippen LogP contribution is 2.05. The summed E-state index contributed by atoms with van der Waals surface area (Å²) in [6.45, 7) is 2.01. The van der Waals surface area contributed by atoms with Crippen LogP contribution in [0.15, 0.2) is 30.3 Å². The Morgan fingerprint density at radius 3 is 2.72 bits per heavy atom. The summed E-state index contributed by atoms with van der Waals surface area (Å²) >= 11 is 0. The van der Waals surface area contributed by atoms with Crippen molar-refractivity contribution in [2.45, 2.75) is 45.1 Å². The van der Waals surface area contributed by atoms with Gasteiger partial charge in [-0.25, -0.2) is 0 Å². The van der Waals surface area contributed by atoms with Crippen LogP contribution in [0.3, 0.4) is 0 Å². The molecule has 18 heavy (non-hydrogen) atoms. The van der Waals surface area contributed by atoms with Crippen molar-refractivity contribution in [2.75, 3.05) is 0 Å². The summed E-state index contributed by atoms with van der Waals surface area (Å²) in [4.78, 5) is 11.6. The first-order valence-electron chi connectivity index (χ1n) is 6.49. The van der Waals surface area contributed by atoms with Crippen molar-refractivity contribution in [3.05, 3.63) is 35.9 Å². The fraction of sp³-hybridized carbons (Fsp3) is 0.467. The smallest absolute Gasteiger partial charge is 0.221 e. The predicted molar refractivity (Wildman–Crippen MR) is 71.8 cm³/mol. The van der Waals surface area contributed by atoms with E-state index in [-0.39, 0.29) is 11.9 Å². The zero-order valence-electron chi connectivity index (χ0n) is 10.9. The number of carbonyl (C=O) groups is 1. The summed E-state index contributed by atoms with van der Waals surface area (Å²) in [6, 6.07) is 11.9. The molecule has 0 aliphatic carbocycles. The minimum Gasteiger partial charge on any atom is -0.340 e. The van der Waals surface area contributed by atoms with E-state index in [0.717, 1.165) is 25.7 Å². The molecule has 0 spiro atoms. The number of benzene rings is 1. The lowest BCUT2D eigenvalue weighted by molar-refractivity contribution is -0.121. The third-order valence-corrected chi connectivity index (χ3v) is 2.78.